The summed E-state index contributed by atoms with van der Waals surface area (Å²) in [7, 11) is 0. The van der Waals surface area contributed by atoms with Crippen molar-refractivity contribution < 1.29 is 9.59 Å². The van der Waals surface area contributed by atoms with Gasteiger partial charge in [0, 0.05) is 34.4 Å². The molecule has 0 radical (unpaired) electrons. The molecule has 1 amide bonds. The molecule has 0 atom stereocenters. The number of rotatable bonds is 5. The molecule has 2 aromatic heterocycles. The lowest BCUT2D eigenvalue weighted by molar-refractivity contribution is -0.116. The van der Waals surface area contributed by atoms with E-state index in [1.54, 1.807) is 54.0 Å². The van der Waals surface area contributed by atoms with Gasteiger partial charge in [-0.2, -0.15) is 0 Å². The Kier molecular flexibility index (Phi) is 5.89. The van der Waals surface area contributed by atoms with Crippen LogP contribution >= 0.6 is 11.6 Å². The summed E-state index contributed by atoms with van der Waals surface area (Å²) in [6, 6.07) is 21.5. The molecule has 3 aromatic carbocycles. The van der Waals surface area contributed by atoms with Crippen LogP contribution in [-0.2, 0) is 11.3 Å². The minimum Gasteiger partial charge on any atom is -0.337 e. The lowest BCUT2D eigenvalue weighted by Crippen LogP contribution is -2.24. The first kappa shape index (κ1) is 22.5. The van der Waals surface area contributed by atoms with Crippen molar-refractivity contribution in [1.29, 1.82) is 0 Å². The molecule has 35 heavy (non-hydrogen) atoms. The van der Waals surface area contributed by atoms with E-state index in [-0.39, 0.29) is 23.4 Å². The van der Waals surface area contributed by atoms with E-state index in [4.69, 9.17) is 11.6 Å². The number of hydrogen-bond acceptors (Lipinski definition) is 4. The molecular weight excluding hydrogens is 462 g/mol. The second-order valence-corrected chi connectivity index (χ2v) is 8.73. The summed E-state index contributed by atoms with van der Waals surface area (Å²) in [5.41, 5.74) is 1.78. The molecule has 0 fully saturated rings. The number of nitrogens with zero attached hydrogens (tertiary/aromatic N) is 2. The summed E-state index contributed by atoms with van der Waals surface area (Å²) in [5.74, 6) is -0.717. The van der Waals surface area contributed by atoms with E-state index in [0.717, 1.165) is 10.8 Å². The smallest absolute Gasteiger partial charge is 0.244 e. The van der Waals surface area contributed by atoms with Gasteiger partial charge in [0.1, 0.15) is 6.54 Å². The van der Waals surface area contributed by atoms with Crippen molar-refractivity contribution in [2.75, 3.05) is 5.32 Å². The molecule has 6 nitrogen and oxygen atoms in total. The number of anilines is 1. The van der Waals surface area contributed by atoms with Crippen LogP contribution in [0.3, 0.4) is 0 Å². The maximum atomic E-state index is 13.4. The van der Waals surface area contributed by atoms with Gasteiger partial charge in [0.25, 0.3) is 0 Å². The molecule has 1 N–H and O–H groups in total. The molecule has 0 unspecified atom stereocenters. The van der Waals surface area contributed by atoms with Crippen LogP contribution in [0.5, 0.6) is 0 Å². The average molecular weight is 482 g/mol. The third-order valence-corrected chi connectivity index (χ3v) is 6.05. The minimum absolute atomic E-state index is 0.0160. The summed E-state index contributed by atoms with van der Waals surface area (Å²) in [4.78, 5) is 43.8. The number of amides is 1. The van der Waals surface area contributed by atoms with Crippen molar-refractivity contribution in [2.45, 2.75) is 13.5 Å². The molecule has 0 aliphatic carbocycles. The molecule has 5 aromatic rings. The van der Waals surface area contributed by atoms with Gasteiger partial charge in [-0.1, -0.05) is 48.0 Å². The van der Waals surface area contributed by atoms with Crippen LogP contribution in [0.2, 0.25) is 5.02 Å². The maximum Gasteiger partial charge on any atom is 0.244 e. The number of benzene rings is 3. The molecule has 0 aliphatic rings. The fraction of sp³-hybridized carbons (Fsp3) is 0.0714. The summed E-state index contributed by atoms with van der Waals surface area (Å²) in [6.45, 7) is 1.71. The zero-order chi connectivity index (χ0) is 24.5. The molecule has 0 saturated carbocycles. The Morgan fingerprint density at radius 2 is 1.71 bits per heavy atom. The minimum atomic E-state index is -0.417. The van der Waals surface area contributed by atoms with Crippen molar-refractivity contribution in [1.82, 2.24) is 9.55 Å². The van der Waals surface area contributed by atoms with Gasteiger partial charge in [0.2, 0.25) is 11.3 Å². The third kappa shape index (κ3) is 4.56. The Hall–Kier alpha value is -4.29. The highest BCUT2D eigenvalue weighted by atomic mass is 35.5. The van der Waals surface area contributed by atoms with E-state index in [1.807, 2.05) is 30.3 Å². The number of aromatic nitrogens is 2. The monoisotopic (exact) mass is 481 g/mol. The van der Waals surface area contributed by atoms with Crippen LogP contribution in [0, 0.1) is 6.92 Å². The lowest BCUT2D eigenvalue weighted by Gasteiger charge is -2.14. The molecule has 0 bridgehead atoms. The number of ketones is 1. The van der Waals surface area contributed by atoms with E-state index in [9.17, 15) is 14.4 Å². The van der Waals surface area contributed by atoms with Crippen molar-refractivity contribution >= 4 is 50.7 Å². The molecular formula is C28H20ClN3O3. The Morgan fingerprint density at radius 3 is 2.49 bits per heavy atom. The normalized spacial score (nSPS) is 11.0. The topological polar surface area (TPSA) is 81.1 Å². The van der Waals surface area contributed by atoms with Gasteiger partial charge in [-0.25, -0.2) is 0 Å². The first-order valence-corrected chi connectivity index (χ1v) is 11.4. The second kappa shape index (κ2) is 9.16. The Bertz CT molecular complexity index is 1670. The molecule has 0 aliphatic heterocycles. The number of pyridine rings is 2. The van der Waals surface area contributed by atoms with Crippen LogP contribution in [0.4, 0.5) is 5.69 Å². The summed E-state index contributed by atoms with van der Waals surface area (Å²) < 4.78 is 1.62. The van der Waals surface area contributed by atoms with Gasteiger partial charge in [-0.15, -0.1) is 0 Å². The lowest BCUT2D eigenvalue weighted by atomic mass is 9.99. The van der Waals surface area contributed by atoms with Crippen LogP contribution in [0.15, 0.2) is 90.0 Å². The Balaban J connectivity index is 1.56. The quantitative estimate of drug-likeness (QED) is 0.342. The number of nitrogens with one attached hydrogen (secondary N) is 1. The second-order valence-electron chi connectivity index (χ2n) is 8.29. The Labute approximate surface area is 205 Å². The number of aryl methyl sites for hydroxylation is 1. The van der Waals surface area contributed by atoms with Gasteiger partial charge in [-0.05, 0) is 54.1 Å². The molecule has 2 heterocycles. The van der Waals surface area contributed by atoms with E-state index in [0.29, 0.717) is 27.5 Å². The van der Waals surface area contributed by atoms with E-state index >= 15 is 0 Å². The van der Waals surface area contributed by atoms with Gasteiger partial charge in [-0.3, -0.25) is 19.4 Å². The molecule has 0 spiro atoms. The zero-order valence-electron chi connectivity index (χ0n) is 18.8. The summed E-state index contributed by atoms with van der Waals surface area (Å²) in [5, 5.41) is 5.56. The molecule has 172 valence electrons. The van der Waals surface area contributed by atoms with Crippen LogP contribution in [0.1, 0.15) is 21.6 Å². The van der Waals surface area contributed by atoms with Crippen molar-refractivity contribution in [2.24, 2.45) is 0 Å². The zero-order valence-corrected chi connectivity index (χ0v) is 19.5. The van der Waals surface area contributed by atoms with Crippen LogP contribution in [-0.4, -0.2) is 21.2 Å². The van der Waals surface area contributed by atoms with E-state index in [1.165, 1.54) is 12.4 Å². The van der Waals surface area contributed by atoms with Gasteiger partial charge >= 0.3 is 0 Å². The predicted octanol–water partition coefficient (Wildman–Crippen LogP) is 5.38. The highest BCUT2D eigenvalue weighted by Crippen LogP contribution is 2.20. The first-order chi connectivity index (χ1) is 16.9. The average Bonchev–Trinajstić information content (AvgIpc) is 2.86. The fourth-order valence-electron chi connectivity index (χ4n) is 4.05. The van der Waals surface area contributed by atoms with Gasteiger partial charge < -0.3 is 9.88 Å². The highest BCUT2D eigenvalue weighted by Gasteiger charge is 2.19. The SMILES string of the molecule is Cc1cc2c(cn1)c(=O)c(C(=O)c1ccc3ccccc3c1)cn2CC(=O)Nc1ccc(Cl)cc1. The number of hydrogen-bond donors (Lipinski definition) is 1. The number of fused-ring (bicyclic) bond motifs is 2. The molecule has 7 heteroatoms. The number of carbonyl (C=O) groups is 2. The van der Waals surface area contributed by atoms with Crippen LogP contribution in [0.25, 0.3) is 21.7 Å². The van der Waals surface area contributed by atoms with Gasteiger partial charge in [0.15, 0.2) is 5.78 Å². The number of carbonyl (C=O) groups excluding carboxylic acids is 2. The first-order valence-electron chi connectivity index (χ1n) is 11.0. The predicted molar refractivity (Wildman–Crippen MR) is 138 cm³/mol. The summed E-state index contributed by atoms with van der Waals surface area (Å²) in [6.07, 6.45) is 2.92. The van der Waals surface area contributed by atoms with E-state index < -0.39 is 11.2 Å². The standard InChI is InChI=1S/C28H20ClN3O3/c1-17-12-25-23(14-30-17)28(35)24(27(34)20-7-6-18-4-2-3-5-19(18)13-20)15-32(25)16-26(33)31-22-10-8-21(29)9-11-22/h2-15H,16H2,1H3,(H,31,33). The van der Waals surface area contributed by atoms with Crippen LogP contribution < -0.4 is 10.7 Å². The number of halogens is 1. The molecule has 5 rings (SSSR count). The van der Waals surface area contributed by atoms with Crippen molar-refractivity contribution in [3.8, 4) is 0 Å². The maximum absolute atomic E-state index is 13.4. The van der Waals surface area contributed by atoms with Gasteiger partial charge in [0.05, 0.1) is 16.5 Å². The van der Waals surface area contributed by atoms with Crippen molar-refractivity contribution in [3.63, 3.8) is 0 Å². The largest absolute Gasteiger partial charge is 0.337 e. The van der Waals surface area contributed by atoms with E-state index in [2.05, 4.69) is 10.3 Å². The Morgan fingerprint density at radius 1 is 0.971 bits per heavy atom. The fourth-order valence-corrected chi connectivity index (χ4v) is 4.18. The molecule has 0 saturated heterocycles. The van der Waals surface area contributed by atoms with Crippen molar-refractivity contribution in [3.05, 3.63) is 117 Å². The summed E-state index contributed by atoms with van der Waals surface area (Å²) >= 11 is 5.92. The highest BCUT2D eigenvalue weighted by molar-refractivity contribution is 6.30. The third-order valence-electron chi connectivity index (χ3n) is 5.80.